The number of rotatable bonds is 5. The molecule has 1 aliphatic carbocycles. The van der Waals surface area contributed by atoms with Gasteiger partial charge in [0.05, 0.1) is 30.0 Å². The van der Waals surface area contributed by atoms with Gasteiger partial charge in [-0.2, -0.15) is 0 Å². The number of nitrogen functional groups attached to an aromatic ring is 1. The number of carbonyl (C=O) groups excluding carboxylic acids is 1. The minimum absolute atomic E-state index is 0.0264. The molecule has 0 atom stereocenters. The maximum Gasteiger partial charge on any atom is 0.227 e. The van der Waals surface area contributed by atoms with Gasteiger partial charge in [0.2, 0.25) is 11.9 Å². The van der Waals surface area contributed by atoms with Crippen LogP contribution < -0.4 is 16.0 Å². The normalized spacial score (nSPS) is 15.8. The lowest BCUT2D eigenvalue weighted by Gasteiger charge is -2.28. The second-order valence-corrected chi connectivity index (χ2v) is 8.85. The maximum atomic E-state index is 14.4. The number of hydrogen-bond acceptors (Lipinski definition) is 9. The topological polar surface area (TPSA) is 132 Å². The number of fused-ring (bicyclic) bond motifs is 1. The van der Waals surface area contributed by atoms with Gasteiger partial charge in [-0.05, 0) is 36.6 Å². The summed E-state index contributed by atoms with van der Waals surface area (Å²) < 4.78 is 19.9. The van der Waals surface area contributed by atoms with Crippen molar-refractivity contribution in [1.29, 1.82) is 0 Å². The van der Waals surface area contributed by atoms with Crippen molar-refractivity contribution in [1.82, 2.24) is 24.9 Å². The molecule has 1 saturated heterocycles. The lowest BCUT2D eigenvalue weighted by molar-refractivity contribution is -0.117. The number of benzene rings is 1. The average molecular weight is 487 g/mol. The molecule has 6 rings (SSSR count). The minimum atomic E-state index is -0.482. The molecule has 10 nitrogen and oxygen atoms in total. The number of carbonyl (C=O) groups is 1. The van der Waals surface area contributed by atoms with Crippen molar-refractivity contribution in [3.8, 4) is 22.5 Å². The summed E-state index contributed by atoms with van der Waals surface area (Å²) in [6, 6.07) is 6.51. The van der Waals surface area contributed by atoms with Gasteiger partial charge < -0.3 is 20.7 Å². The Morgan fingerprint density at radius 3 is 2.50 bits per heavy atom. The fraction of sp³-hybridized carbons (Fsp3) is 0.280. The number of aromatic nitrogens is 5. The van der Waals surface area contributed by atoms with Crippen molar-refractivity contribution in [2.75, 3.05) is 42.3 Å². The number of nitrogens with one attached hydrogen (secondary N) is 1. The molecule has 1 saturated carbocycles. The van der Waals surface area contributed by atoms with Crippen molar-refractivity contribution in [3.05, 3.63) is 48.7 Å². The maximum absolute atomic E-state index is 14.4. The van der Waals surface area contributed by atoms with Crippen molar-refractivity contribution in [2.24, 2.45) is 5.92 Å². The van der Waals surface area contributed by atoms with E-state index in [0.29, 0.717) is 60.1 Å². The summed E-state index contributed by atoms with van der Waals surface area (Å²) in [4.78, 5) is 36.7. The summed E-state index contributed by atoms with van der Waals surface area (Å²) >= 11 is 0. The van der Waals surface area contributed by atoms with Gasteiger partial charge in [-0.3, -0.25) is 9.78 Å². The van der Waals surface area contributed by atoms with E-state index in [2.05, 4.69) is 20.2 Å². The lowest BCUT2D eigenvalue weighted by atomic mass is 10.1. The van der Waals surface area contributed by atoms with Crippen LogP contribution in [-0.2, 0) is 9.53 Å². The third-order valence-electron chi connectivity index (χ3n) is 6.26. The first-order valence-corrected chi connectivity index (χ1v) is 11.7. The summed E-state index contributed by atoms with van der Waals surface area (Å²) in [6.07, 6.45) is 6.56. The molecule has 0 radical (unpaired) electrons. The number of halogens is 1. The third kappa shape index (κ3) is 4.40. The second kappa shape index (κ2) is 9.08. The highest BCUT2D eigenvalue weighted by molar-refractivity contribution is 5.95. The summed E-state index contributed by atoms with van der Waals surface area (Å²) in [6.45, 7) is 2.54. The molecule has 2 aliphatic rings. The van der Waals surface area contributed by atoms with Crippen LogP contribution >= 0.6 is 0 Å². The van der Waals surface area contributed by atoms with Crippen LogP contribution in [0.3, 0.4) is 0 Å². The number of morpholine rings is 1. The van der Waals surface area contributed by atoms with E-state index in [0.717, 1.165) is 18.4 Å². The van der Waals surface area contributed by atoms with E-state index in [1.54, 1.807) is 30.7 Å². The van der Waals surface area contributed by atoms with Crippen molar-refractivity contribution in [2.45, 2.75) is 12.8 Å². The fourth-order valence-corrected chi connectivity index (χ4v) is 4.12. The highest BCUT2D eigenvalue weighted by Crippen LogP contribution is 2.33. The lowest BCUT2D eigenvalue weighted by Crippen LogP contribution is -2.37. The number of pyridine rings is 1. The molecule has 0 unspecified atom stereocenters. The van der Waals surface area contributed by atoms with Crippen molar-refractivity contribution in [3.63, 3.8) is 0 Å². The predicted octanol–water partition coefficient (Wildman–Crippen LogP) is 3.06. The van der Waals surface area contributed by atoms with E-state index in [1.165, 1.54) is 6.07 Å². The zero-order chi connectivity index (χ0) is 24.6. The molecule has 4 aromatic rings. The summed E-state index contributed by atoms with van der Waals surface area (Å²) in [5.74, 6) is 0.641. The largest absolute Gasteiger partial charge is 0.378 e. The number of hydrogen-bond donors (Lipinski definition) is 2. The molecular weight excluding hydrogens is 463 g/mol. The number of nitrogens with two attached hydrogens (primary N) is 1. The van der Waals surface area contributed by atoms with Crippen LogP contribution in [0.1, 0.15) is 12.8 Å². The SMILES string of the molecule is Nc1ncc(-c2nc(N3CCOCC3)c3ncc(-c4ccc(F)c(NC(=O)C5CC5)c4)cc3n2)cn1. The van der Waals surface area contributed by atoms with E-state index in [4.69, 9.17) is 25.4 Å². The van der Waals surface area contributed by atoms with Gasteiger partial charge in [-0.1, -0.05) is 6.07 Å². The van der Waals surface area contributed by atoms with Gasteiger partial charge in [0, 0.05) is 43.2 Å². The fourth-order valence-electron chi connectivity index (χ4n) is 4.12. The van der Waals surface area contributed by atoms with Crippen LogP contribution in [0.15, 0.2) is 42.9 Å². The number of anilines is 3. The van der Waals surface area contributed by atoms with Gasteiger partial charge >= 0.3 is 0 Å². The second-order valence-electron chi connectivity index (χ2n) is 8.85. The van der Waals surface area contributed by atoms with E-state index >= 15 is 0 Å². The number of amides is 1. The molecule has 3 aromatic heterocycles. The number of ether oxygens (including phenoxy) is 1. The van der Waals surface area contributed by atoms with Gasteiger partial charge in [-0.15, -0.1) is 0 Å². The Balaban J connectivity index is 1.43. The molecule has 3 N–H and O–H groups in total. The van der Waals surface area contributed by atoms with Gasteiger partial charge in [-0.25, -0.2) is 24.3 Å². The van der Waals surface area contributed by atoms with Crippen LogP contribution in [0.2, 0.25) is 0 Å². The van der Waals surface area contributed by atoms with Crippen LogP contribution in [0.5, 0.6) is 0 Å². The molecule has 36 heavy (non-hydrogen) atoms. The van der Waals surface area contributed by atoms with Crippen LogP contribution in [0.25, 0.3) is 33.5 Å². The summed E-state index contributed by atoms with van der Waals surface area (Å²) in [7, 11) is 0. The van der Waals surface area contributed by atoms with Gasteiger partial charge in [0.1, 0.15) is 11.3 Å². The third-order valence-corrected chi connectivity index (χ3v) is 6.26. The van der Waals surface area contributed by atoms with Gasteiger partial charge in [0.25, 0.3) is 0 Å². The highest BCUT2D eigenvalue weighted by Gasteiger charge is 2.30. The Morgan fingerprint density at radius 2 is 1.75 bits per heavy atom. The molecule has 4 heterocycles. The zero-order valence-corrected chi connectivity index (χ0v) is 19.3. The summed E-state index contributed by atoms with van der Waals surface area (Å²) in [5, 5.41) is 2.70. The highest BCUT2D eigenvalue weighted by atomic mass is 19.1. The predicted molar refractivity (Wildman–Crippen MR) is 133 cm³/mol. The van der Waals surface area contributed by atoms with E-state index < -0.39 is 5.82 Å². The standard InChI is InChI=1S/C25H23FN8O2/c26-18-4-3-15(9-19(18)32-24(35)14-1-2-14)16-10-20-21(28-11-16)23(34-5-7-36-8-6-34)33-22(31-20)17-12-29-25(27)30-13-17/h3-4,9-14H,1-2,5-8H2,(H,32,35)(H2,27,29,30). The minimum Gasteiger partial charge on any atom is -0.378 e. The average Bonchev–Trinajstić information content (AvgIpc) is 3.76. The monoisotopic (exact) mass is 486 g/mol. The summed E-state index contributed by atoms with van der Waals surface area (Å²) in [5.41, 5.74) is 9.13. The number of nitrogens with zero attached hydrogens (tertiary/aromatic N) is 6. The Kier molecular flexibility index (Phi) is 5.61. The molecule has 1 amide bonds. The molecule has 182 valence electrons. The van der Waals surface area contributed by atoms with E-state index in [9.17, 15) is 9.18 Å². The Morgan fingerprint density at radius 1 is 1.00 bits per heavy atom. The quantitative estimate of drug-likeness (QED) is 0.437. The molecular formula is C25H23FN8O2. The Bertz CT molecular complexity index is 1450. The van der Waals surface area contributed by atoms with Gasteiger partial charge in [0.15, 0.2) is 11.6 Å². The van der Waals surface area contributed by atoms with Crippen molar-refractivity contribution >= 4 is 34.4 Å². The molecule has 1 aliphatic heterocycles. The molecule has 11 heteroatoms. The Labute approximate surface area is 205 Å². The van der Waals surface area contributed by atoms with E-state index in [1.807, 2.05) is 6.07 Å². The smallest absolute Gasteiger partial charge is 0.227 e. The Hall–Kier alpha value is -4.25. The molecule has 0 spiro atoms. The van der Waals surface area contributed by atoms with Crippen molar-refractivity contribution < 1.29 is 13.9 Å². The first-order chi connectivity index (χ1) is 17.5. The van der Waals surface area contributed by atoms with Crippen LogP contribution in [-0.4, -0.2) is 57.1 Å². The first-order valence-electron chi connectivity index (χ1n) is 11.7. The van der Waals surface area contributed by atoms with Crippen LogP contribution in [0.4, 0.5) is 21.8 Å². The molecule has 0 bridgehead atoms. The van der Waals surface area contributed by atoms with E-state index in [-0.39, 0.29) is 23.5 Å². The zero-order valence-electron chi connectivity index (χ0n) is 19.3. The molecule has 1 aromatic carbocycles. The molecule has 2 fully saturated rings. The first kappa shape index (κ1) is 22.2. The van der Waals surface area contributed by atoms with Crippen LogP contribution in [0, 0.1) is 11.7 Å².